The zero-order chi connectivity index (χ0) is 20.5. The molecule has 1 saturated heterocycles. The van der Waals surface area contributed by atoms with E-state index in [0.717, 1.165) is 0 Å². The van der Waals surface area contributed by atoms with Crippen molar-refractivity contribution in [1.82, 2.24) is 9.97 Å². The Morgan fingerprint density at radius 1 is 1.36 bits per heavy atom. The molecule has 28 heavy (non-hydrogen) atoms. The standard InChI is InChI=1S/C18H18Cl2N6O2/c1-18(22)5-7-26(8-6-18)16-12(9-21)23-14(15(24-16)25-17(27)28)10-3-2-4-11(19)13(10)20/h2-4H,5-8,22H2,1H3,(H,24,25)(H,27,28). The van der Waals surface area contributed by atoms with Crippen LogP contribution in [0, 0.1) is 11.3 Å². The van der Waals surface area contributed by atoms with Crippen LogP contribution in [0.1, 0.15) is 25.5 Å². The number of carboxylic acid groups (broad SMARTS) is 1. The fourth-order valence-corrected chi connectivity index (χ4v) is 3.40. The molecule has 0 radical (unpaired) electrons. The first kappa shape index (κ1) is 20.1. The van der Waals surface area contributed by atoms with Gasteiger partial charge in [-0.25, -0.2) is 14.8 Å². The van der Waals surface area contributed by atoms with Crippen molar-refractivity contribution < 1.29 is 9.90 Å². The van der Waals surface area contributed by atoms with Crippen molar-refractivity contribution in [2.45, 2.75) is 25.3 Å². The van der Waals surface area contributed by atoms with E-state index < -0.39 is 6.09 Å². The lowest BCUT2D eigenvalue weighted by Gasteiger charge is -2.37. The van der Waals surface area contributed by atoms with E-state index in [0.29, 0.717) is 37.3 Å². The van der Waals surface area contributed by atoms with E-state index in [9.17, 15) is 15.2 Å². The van der Waals surface area contributed by atoms with Gasteiger partial charge in [-0.1, -0.05) is 35.3 Å². The molecule has 1 amide bonds. The molecule has 3 rings (SSSR count). The number of amides is 1. The van der Waals surface area contributed by atoms with Crippen LogP contribution in [-0.4, -0.2) is 39.8 Å². The van der Waals surface area contributed by atoms with Crippen molar-refractivity contribution in [2.75, 3.05) is 23.3 Å². The van der Waals surface area contributed by atoms with E-state index in [4.69, 9.17) is 28.9 Å². The molecule has 0 atom stereocenters. The monoisotopic (exact) mass is 420 g/mol. The van der Waals surface area contributed by atoms with Gasteiger partial charge in [0.1, 0.15) is 11.8 Å². The summed E-state index contributed by atoms with van der Waals surface area (Å²) in [5.74, 6) is 0.287. The zero-order valence-electron chi connectivity index (χ0n) is 15.0. The normalized spacial score (nSPS) is 15.8. The summed E-state index contributed by atoms with van der Waals surface area (Å²) in [6.07, 6.45) is 0.115. The van der Waals surface area contributed by atoms with Crippen molar-refractivity contribution in [3.8, 4) is 17.3 Å². The Kier molecular flexibility index (Phi) is 5.61. The number of nitrogens with two attached hydrogens (primary N) is 1. The second kappa shape index (κ2) is 7.80. The summed E-state index contributed by atoms with van der Waals surface area (Å²) >= 11 is 12.3. The molecular weight excluding hydrogens is 403 g/mol. The molecule has 0 unspecified atom stereocenters. The first-order chi connectivity index (χ1) is 13.2. The molecule has 10 heteroatoms. The molecule has 1 fully saturated rings. The summed E-state index contributed by atoms with van der Waals surface area (Å²) in [5, 5.41) is 21.6. The minimum atomic E-state index is -1.31. The number of nitrogens with one attached hydrogen (secondary N) is 1. The number of rotatable bonds is 3. The first-order valence-electron chi connectivity index (χ1n) is 8.52. The van der Waals surface area contributed by atoms with Crippen LogP contribution in [0.3, 0.4) is 0 Å². The molecule has 0 saturated carbocycles. The number of hydrogen-bond donors (Lipinski definition) is 3. The fourth-order valence-electron chi connectivity index (χ4n) is 3.01. The van der Waals surface area contributed by atoms with Gasteiger partial charge in [0.25, 0.3) is 0 Å². The molecule has 2 heterocycles. The van der Waals surface area contributed by atoms with Crippen LogP contribution in [0.2, 0.25) is 10.0 Å². The summed E-state index contributed by atoms with van der Waals surface area (Å²) in [7, 11) is 0. The lowest BCUT2D eigenvalue weighted by Crippen LogP contribution is -2.48. The number of benzene rings is 1. The van der Waals surface area contributed by atoms with Crippen molar-refractivity contribution in [1.29, 1.82) is 5.26 Å². The van der Waals surface area contributed by atoms with Gasteiger partial charge in [-0.2, -0.15) is 5.26 Å². The van der Waals surface area contributed by atoms with Gasteiger partial charge < -0.3 is 15.7 Å². The van der Waals surface area contributed by atoms with E-state index in [1.165, 1.54) is 0 Å². The Hall–Kier alpha value is -2.60. The van der Waals surface area contributed by atoms with Crippen molar-refractivity contribution >= 4 is 40.9 Å². The highest BCUT2D eigenvalue weighted by Crippen LogP contribution is 2.37. The molecule has 1 aliphatic rings. The van der Waals surface area contributed by atoms with E-state index in [2.05, 4.69) is 15.3 Å². The van der Waals surface area contributed by atoms with Crippen LogP contribution in [0.4, 0.5) is 16.4 Å². The number of nitrogens with zero attached hydrogens (tertiary/aromatic N) is 4. The van der Waals surface area contributed by atoms with Gasteiger partial charge in [0, 0.05) is 24.2 Å². The summed E-state index contributed by atoms with van der Waals surface area (Å²) in [5.41, 5.74) is 6.47. The second-order valence-corrected chi connectivity index (χ2v) is 7.66. The molecule has 1 aromatic heterocycles. The van der Waals surface area contributed by atoms with E-state index >= 15 is 0 Å². The quantitative estimate of drug-likeness (QED) is 0.689. The Morgan fingerprint density at radius 3 is 2.64 bits per heavy atom. The number of hydrogen-bond acceptors (Lipinski definition) is 6. The first-order valence-corrected chi connectivity index (χ1v) is 9.28. The number of nitriles is 1. The average molecular weight is 421 g/mol. The third kappa shape index (κ3) is 4.12. The smallest absolute Gasteiger partial charge is 0.410 e. The van der Waals surface area contributed by atoms with E-state index in [-0.39, 0.29) is 32.8 Å². The Bertz CT molecular complexity index is 963. The zero-order valence-corrected chi connectivity index (χ0v) is 16.5. The van der Waals surface area contributed by atoms with Crippen LogP contribution >= 0.6 is 23.2 Å². The Labute approximate surface area is 171 Å². The number of halogens is 2. The Balaban J connectivity index is 2.13. The fraction of sp³-hybridized carbons (Fsp3) is 0.333. The summed E-state index contributed by atoms with van der Waals surface area (Å²) in [6.45, 7) is 3.14. The van der Waals surface area contributed by atoms with Gasteiger partial charge in [0.15, 0.2) is 17.3 Å². The Morgan fingerprint density at radius 2 is 2.04 bits per heavy atom. The molecule has 0 spiro atoms. The van der Waals surface area contributed by atoms with E-state index in [1.807, 2.05) is 17.9 Å². The largest absolute Gasteiger partial charge is 0.465 e. The van der Waals surface area contributed by atoms with Gasteiger partial charge in [-0.3, -0.25) is 5.32 Å². The number of piperidine rings is 1. The highest BCUT2D eigenvalue weighted by atomic mass is 35.5. The molecule has 2 aromatic rings. The molecule has 1 aromatic carbocycles. The summed E-state index contributed by atoms with van der Waals surface area (Å²) in [4.78, 5) is 22.0. The molecule has 1 aliphatic heterocycles. The summed E-state index contributed by atoms with van der Waals surface area (Å²) in [6, 6.07) is 6.93. The third-order valence-corrected chi connectivity index (χ3v) is 5.44. The summed E-state index contributed by atoms with van der Waals surface area (Å²) < 4.78 is 0. The molecule has 4 N–H and O–H groups in total. The molecule has 0 aliphatic carbocycles. The van der Waals surface area contributed by atoms with Crippen LogP contribution < -0.4 is 16.0 Å². The molecule has 146 valence electrons. The van der Waals surface area contributed by atoms with Gasteiger partial charge in [0.05, 0.1) is 10.0 Å². The maximum absolute atomic E-state index is 11.3. The number of carbonyl (C=O) groups is 1. The predicted molar refractivity (Wildman–Crippen MR) is 108 cm³/mol. The minimum Gasteiger partial charge on any atom is -0.465 e. The average Bonchev–Trinajstić information content (AvgIpc) is 2.63. The van der Waals surface area contributed by atoms with Crippen LogP contribution in [0.15, 0.2) is 18.2 Å². The molecule has 8 nitrogen and oxygen atoms in total. The second-order valence-electron chi connectivity index (χ2n) is 6.88. The van der Waals surface area contributed by atoms with Gasteiger partial charge in [0.2, 0.25) is 0 Å². The van der Waals surface area contributed by atoms with Crippen molar-refractivity contribution in [3.63, 3.8) is 0 Å². The van der Waals surface area contributed by atoms with E-state index in [1.54, 1.807) is 18.2 Å². The SMILES string of the molecule is CC1(N)CCN(c2nc(NC(=O)O)c(-c3cccc(Cl)c3Cl)nc2C#N)CC1. The maximum atomic E-state index is 11.3. The van der Waals surface area contributed by atoms with Crippen LogP contribution in [-0.2, 0) is 0 Å². The number of anilines is 2. The van der Waals surface area contributed by atoms with Crippen LogP contribution in [0.5, 0.6) is 0 Å². The van der Waals surface area contributed by atoms with Gasteiger partial charge >= 0.3 is 6.09 Å². The lowest BCUT2D eigenvalue weighted by atomic mass is 9.91. The third-order valence-electron chi connectivity index (χ3n) is 4.62. The van der Waals surface area contributed by atoms with Crippen LogP contribution in [0.25, 0.3) is 11.3 Å². The predicted octanol–water partition coefficient (Wildman–Crippen LogP) is 3.73. The van der Waals surface area contributed by atoms with Crippen molar-refractivity contribution in [2.24, 2.45) is 5.73 Å². The highest BCUT2D eigenvalue weighted by Gasteiger charge is 2.29. The lowest BCUT2D eigenvalue weighted by molar-refractivity contribution is 0.209. The van der Waals surface area contributed by atoms with Gasteiger partial charge in [-0.05, 0) is 25.8 Å². The minimum absolute atomic E-state index is 0.0215. The molecular formula is C18H18Cl2N6O2. The van der Waals surface area contributed by atoms with Gasteiger partial charge in [-0.15, -0.1) is 0 Å². The highest BCUT2D eigenvalue weighted by molar-refractivity contribution is 6.43. The van der Waals surface area contributed by atoms with Crippen molar-refractivity contribution in [3.05, 3.63) is 33.9 Å². The number of aromatic nitrogens is 2. The maximum Gasteiger partial charge on any atom is 0.410 e. The molecule has 0 bridgehead atoms. The topological polar surface area (TPSA) is 128 Å².